The van der Waals surface area contributed by atoms with Crippen molar-refractivity contribution >= 4 is 16.8 Å². The van der Waals surface area contributed by atoms with E-state index in [1.807, 2.05) is 25.2 Å². The van der Waals surface area contributed by atoms with E-state index in [2.05, 4.69) is 24.0 Å². The van der Waals surface area contributed by atoms with Gasteiger partial charge in [-0.15, -0.1) is 0 Å². The van der Waals surface area contributed by atoms with Crippen molar-refractivity contribution in [3.05, 3.63) is 30.0 Å². The van der Waals surface area contributed by atoms with Gasteiger partial charge in [0.1, 0.15) is 0 Å². The number of aromatic nitrogens is 2. The first kappa shape index (κ1) is 12.6. The summed E-state index contributed by atoms with van der Waals surface area (Å²) in [6, 6.07) is 5.90. The zero-order valence-electron chi connectivity index (χ0n) is 11.1. The molecular weight excluding hydrogens is 226 g/mol. The Morgan fingerprint density at radius 2 is 2.28 bits per heavy atom. The molecule has 1 amide bonds. The molecule has 0 aliphatic carbocycles. The number of carbonyl (C=O) groups excluding carboxylic acids is 1. The molecule has 0 bridgehead atoms. The molecule has 2 rings (SSSR count). The van der Waals surface area contributed by atoms with E-state index < -0.39 is 0 Å². The third kappa shape index (κ3) is 2.37. The van der Waals surface area contributed by atoms with Crippen LogP contribution in [0.25, 0.3) is 10.9 Å². The Labute approximate surface area is 107 Å². The predicted molar refractivity (Wildman–Crippen MR) is 72.6 cm³/mol. The maximum atomic E-state index is 12.3. The number of hydrogen-bond acceptors (Lipinski definition) is 2. The molecule has 2 aromatic rings. The van der Waals surface area contributed by atoms with Crippen LogP contribution in [0.4, 0.5) is 0 Å². The van der Waals surface area contributed by atoms with Gasteiger partial charge in [-0.3, -0.25) is 9.89 Å². The van der Waals surface area contributed by atoms with Crippen molar-refractivity contribution in [2.75, 3.05) is 7.05 Å². The number of aromatic amines is 1. The molecule has 0 saturated carbocycles. The van der Waals surface area contributed by atoms with Crippen molar-refractivity contribution in [1.82, 2.24) is 15.1 Å². The van der Waals surface area contributed by atoms with Gasteiger partial charge in [0, 0.05) is 24.0 Å². The molecule has 1 heterocycles. The number of amides is 1. The van der Waals surface area contributed by atoms with Gasteiger partial charge >= 0.3 is 0 Å². The van der Waals surface area contributed by atoms with Crippen LogP contribution in [-0.2, 0) is 0 Å². The van der Waals surface area contributed by atoms with Gasteiger partial charge < -0.3 is 4.90 Å². The molecule has 0 radical (unpaired) electrons. The first-order valence-electron chi connectivity index (χ1n) is 6.33. The first-order valence-corrected chi connectivity index (χ1v) is 6.33. The van der Waals surface area contributed by atoms with Gasteiger partial charge in [0.2, 0.25) is 0 Å². The van der Waals surface area contributed by atoms with Crippen molar-refractivity contribution in [3.8, 4) is 0 Å². The van der Waals surface area contributed by atoms with Crippen LogP contribution in [0.3, 0.4) is 0 Å². The summed E-state index contributed by atoms with van der Waals surface area (Å²) in [6.07, 6.45) is 3.86. The molecule has 0 spiro atoms. The van der Waals surface area contributed by atoms with E-state index in [0.717, 1.165) is 23.7 Å². The number of H-pyrrole nitrogens is 1. The molecule has 1 aromatic heterocycles. The highest BCUT2D eigenvalue weighted by Crippen LogP contribution is 2.15. The third-order valence-electron chi connectivity index (χ3n) is 3.38. The number of nitrogens with one attached hydrogen (secondary N) is 1. The van der Waals surface area contributed by atoms with E-state index in [9.17, 15) is 4.79 Å². The fourth-order valence-corrected chi connectivity index (χ4v) is 2.09. The minimum atomic E-state index is 0.0625. The summed E-state index contributed by atoms with van der Waals surface area (Å²) >= 11 is 0. The topological polar surface area (TPSA) is 49.0 Å². The number of nitrogens with zero attached hydrogens (tertiary/aromatic N) is 2. The van der Waals surface area contributed by atoms with Gasteiger partial charge in [0.15, 0.2) is 0 Å². The van der Waals surface area contributed by atoms with E-state index in [4.69, 9.17) is 0 Å². The molecular formula is C14H19N3O. The molecule has 0 aliphatic heterocycles. The van der Waals surface area contributed by atoms with Crippen molar-refractivity contribution in [2.24, 2.45) is 0 Å². The largest absolute Gasteiger partial charge is 0.339 e. The number of fused-ring (bicyclic) bond motifs is 1. The molecule has 1 unspecified atom stereocenters. The van der Waals surface area contributed by atoms with Crippen LogP contribution in [-0.4, -0.2) is 34.1 Å². The monoisotopic (exact) mass is 245 g/mol. The van der Waals surface area contributed by atoms with Crippen LogP contribution < -0.4 is 0 Å². The minimum Gasteiger partial charge on any atom is -0.339 e. The summed E-state index contributed by atoms with van der Waals surface area (Å²) in [5.74, 6) is 0.0625. The van der Waals surface area contributed by atoms with Crippen molar-refractivity contribution in [1.29, 1.82) is 0 Å². The first-order chi connectivity index (χ1) is 8.63. The van der Waals surface area contributed by atoms with E-state index in [0.29, 0.717) is 5.56 Å². The second-order valence-electron chi connectivity index (χ2n) is 4.73. The molecule has 0 saturated heterocycles. The maximum absolute atomic E-state index is 12.3. The summed E-state index contributed by atoms with van der Waals surface area (Å²) < 4.78 is 0. The average molecular weight is 245 g/mol. The second kappa shape index (κ2) is 5.21. The van der Waals surface area contributed by atoms with Gasteiger partial charge in [-0.05, 0) is 25.5 Å². The maximum Gasteiger partial charge on any atom is 0.253 e. The summed E-state index contributed by atoms with van der Waals surface area (Å²) in [7, 11) is 1.86. The Balaban J connectivity index is 2.21. The summed E-state index contributed by atoms with van der Waals surface area (Å²) in [4.78, 5) is 14.1. The van der Waals surface area contributed by atoms with E-state index in [1.165, 1.54) is 0 Å². The van der Waals surface area contributed by atoms with Crippen LogP contribution in [0, 0.1) is 0 Å². The Kier molecular flexibility index (Phi) is 3.65. The second-order valence-corrected chi connectivity index (χ2v) is 4.73. The lowest BCUT2D eigenvalue weighted by atomic mass is 10.1. The molecule has 18 heavy (non-hydrogen) atoms. The van der Waals surface area contributed by atoms with Crippen LogP contribution >= 0.6 is 0 Å². The SMILES string of the molecule is CCCC(C)N(C)C(=O)c1ccc2cn[nH]c2c1. The predicted octanol–water partition coefficient (Wildman–Crippen LogP) is 2.82. The molecule has 4 nitrogen and oxygen atoms in total. The lowest BCUT2D eigenvalue weighted by Crippen LogP contribution is -2.34. The van der Waals surface area contributed by atoms with E-state index >= 15 is 0 Å². The lowest BCUT2D eigenvalue weighted by Gasteiger charge is -2.24. The highest BCUT2D eigenvalue weighted by atomic mass is 16.2. The van der Waals surface area contributed by atoms with Gasteiger partial charge in [0.25, 0.3) is 5.91 Å². The lowest BCUT2D eigenvalue weighted by molar-refractivity contribution is 0.0737. The highest BCUT2D eigenvalue weighted by Gasteiger charge is 2.17. The molecule has 1 aromatic carbocycles. The third-order valence-corrected chi connectivity index (χ3v) is 3.38. The van der Waals surface area contributed by atoms with Gasteiger partial charge in [0.05, 0.1) is 11.7 Å². The molecule has 0 fully saturated rings. The summed E-state index contributed by atoms with van der Waals surface area (Å²) in [5, 5.41) is 7.87. The zero-order valence-corrected chi connectivity index (χ0v) is 11.1. The summed E-state index contributed by atoms with van der Waals surface area (Å²) in [5.41, 5.74) is 1.61. The van der Waals surface area contributed by atoms with Crippen molar-refractivity contribution < 1.29 is 4.79 Å². The highest BCUT2D eigenvalue weighted by molar-refractivity contribution is 5.97. The Hall–Kier alpha value is -1.84. The Morgan fingerprint density at radius 3 is 3.00 bits per heavy atom. The van der Waals surface area contributed by atoms with Crippen LogP contribution in [0.1, 0.15) is 37.0 Å². The molecule has 0 aliphatic rings. The minimum absolute atomic E-state index is 0.0625. The van der Waals surface area contributed by atoms with Crippen molar-refractivity contribution in [3.63, 3.8) is 0 Å². The van der Waals surface area contributed by atoms with Crippen molar-refractivity contribution in [2.45, 2.75) is 32.7 Å². The van der Waals surface area contributed by atoms with Gasteiger partial charge in [-0.2, -0.15) is 5.10 Å². The van der Waals surface area contributed by atoms with Gasteiger partial charge in [-0.1, -0.05) is 19.4 Å². The number of hydrogen-bond donors (Lipinski definition) is 1. The normalized spacial score (nSPS) is 12.6. The molecule has 96 valence electrons. The van der Waals surface area contributed by atoms with Crippen LogP contribution in [0.15, 0.2) is 24.4 Å². The Bertz CT molecular complexity index is 547. The molecule has 4 heteroatoms. The number of rotatable bonds is 4. The van der Waals surface area contributed by atoms with E-state index in [-0.39, 0.29) is 11.9 Å². The molecule has 1 N–H and O–H groups in total. The van der Waals surface area contributed by atoms with Crippen LogP contribution in [0.2, 0.25) is 0 Å². The smallest absolute Gasteiger partial charge is 0.253 e. The number of benzene rings is 1. The average Bonchev–Trinajstić information content (AvgIpc) is 2.84. The fourth-order valence-electron chi connectivity index (χ4n) is 2.09. The van der Waals surface area contributed by atoms with Gasteiger partial charge in [-0.25, -0.2) is 0 Å². The van der Waals surface area contributed by atoms with E-state index in [1.54, 1.807) is 11.1 Å². The standard InChI is InChI=1S/C14H19N3O/c1-4-5-10(2)17(3)14(18)11-6-7-12-9-15-16-13(12)8-11/h6-10H,4-5H2,1-3H3,(H,15,16). The zero-order chi connectivity index (χ0) is 13.1. The molecule has 1 atom stereocenters. The Morgan fingerprint density at radius 1 is 1.50 bits per heavy atom. The quantitative estimate of drug-likeness (QED) is 0.900. The summed E-state index contributed by atoms with van der Waals surface area (Å²) in [6.45, 7) is 4.21. The van der Waals surface area contributed by atoms with Crippen LogP contribution in [0.5, 0.6) is 0 Å². The number of carbonyl (C=O) groups is 1. The fraction of sp³-hybridized carbons (Fsp3) is 0.429.